The summed E-state index contributed by atoms with van der Waals surface area (Å²) in [5.74, 6) is -0.651. The van der Waals surface area contributed by atoms with Gasteiger partial charge in [-0.1, -0.05) is 25.1 Å². The molecule has 5 N–H and O–H groups in total. The van der Waals surface area contributed by atoms with E-state index in [4.69, 9.17) is 11.5 Å². The normalized spacial score (nSPS) is 15.3. The van der Waals surface area contributed by atoms with Gasteiger partial charge < -0.3 is 21.7 Å². The Morgan fingerprint density at radius 3 is 2.33 bits per heavy atom. The first-order chi connectivity index (χ1) is 12.9. The quantitative estimate of drug-likeness (QED) is 0.750. The van der Waals surface area contributed by atoms with Crippen LogP contribution in [0.2, 0.25) is 0 Å². The highest BCUT2D eigenvalue weighted by molar-refractivity contribution is 5.94. The summed E-state index contributed by atoms with van der Waals surface area (Å²) in [6.45, 7) is 2.91. The van der Waals surface area contributed by atoms with E-state index in [-0.39, 0.29) is 11.9 Å². The van der Waals surface area contributed by atoms with Crippen molar-refractivity contribution in [1.29, 1.82) is 0 Å². The Kier molecular flexibility index (Phi) is 5.12. The number of nitrogens with one attached hydrogen (secondary N) is 1. The molecule has 1 heterocycles. The number of carbonyl (C=O) groups excluding carboxylic acids is 3. The van der Waals surface area contributed by atoms with Crippen molar-refractivity contribution >= 4 is 17.8 Å². The van der Waals surface area contributed by atoms with Crippen molar-refractivity contribution < 1.29 is 14.4 Å². The van der Waals surface area contributed by atoms with E-state index in [1.165, 1.54) is 4.90 Å². The predicted molar refractivity (Wildman–Crippen MR) is 101 cm³/mol. The van der Waals surface area contributed by atoms with Gasteiger partial charge in [-0.2, -0.15) is 0 Å². The fourth-order valence-corrected chi connectivity index (χ4v) is 3.33. The van der Waals surface area contributed by atoms with Crippen LogP contribution in [0.4, 0.5) is 4.79 Å². The molecule has 1 aliphatic rings. The van der Waals surface area contributed by atoms with Crippen LogP contribution in [0, 0.1) is 0 Å². The minimum Gasteiger partial charge on any atom is -0.366 e. The number of hydrogen-bond donors (Lipinski definition) is 3. The highest BCUT2D eigenvalue weighted by atomic mass is 16.2. The molecular weight excluding hydrogens is 344 g/mol. The molecular formula is C20H22N4O3. The Balaban J connectivity index is 1.93. The van der Waals surface area contributed by atoms with Gasteiger partial charge in [-0.15, -0.1) is 0 Å². The minimum absolute atomic E-state index is 0.131. The van der Waals surface area contributed by atoms with Crippen LogP contribution < -0.4 is 16.8 Å². The number of nitrogens with zero attached hydrogens (tertiary/aromatic N) is 1. The zero-order chi connectivity index (χ0) is 19.6. The van der Waals surface area contributed by atoms with E-state index in [2.05, 4.69) is 5.32 Å². The first kappa shape index (κ1) is 18.4. The summed E-state index contributed by atoms with van der Waals surface area (Å²) in [6.07, 6.45) is 0.865. The van der Waals surface area contributed by atoms with E-state index in [0.29, 0.717) is 24.2 Å². The molecule has 1 atom stereocenters. The molecule has 0 aliphatic carbocycles. The smallest absolute Gasteiger partial charge is 0.315 e. The van der Waals surface area contributed by atoms with Crippen molar-refractivity contribution in [2.75, 3.05) is 6.54 Å². The Morgan fingerprint density at radius 2 is 1.74 bits per heavy atom. The summed E-state index contributed by atoms with van der Waals surface area (Å²) in [6, 6.07) is 11.3. The molecule has 0 aromatic heterocycles. The van der Waals surface area contributed by atoms with Crippen LogP contribution in [0.15, 0.2) is 42.5 Å². The SMILES string of the molecule is CCCNC(=O)c1ccc(C2c3ccc(C(N)=O)cc3CN2C(N)=O)cc1. The molecule has 7 heteroatoms. The summed E-state index contributed by atoms with van der Waals surface area (Å²) in [5, 5.41) is 2.83. The van der Waals surface area contributed by atoms with E-state index in [0.717, 1.165) is 23.1 Å². The second-order valence-corrected chi connectivity index (χ2v) is 6.52. The van der Waals surface area contributed by atoms with Gasteiger partial charge in [-0.3, -0.25) is 9.59 Å². The molecule has 4 amide bonds. The molecule has 7 nitrogen and oxygen atoms in total. The van der Waals surface area contributed by atoms with Gasteiger partial charge in [0, 0.05) is 24.2 Å². The average Bonchev–Trinajstić information content (AvgIpc) is 3.05. The van der Waals surface area contributed by atoms with Crippen LogP contribution in [0.3, 0.4) is 0 Å². The zero-order valence-corrected chi connectivity index (χ0v) is 15.1. The predicted octanol–water partition coefficient (Wildman–Crippen LogP) is 1.91. The number of fused-ring (bicyclic) bond motifs is 1. The molecule has 0 saturated heterocycles. The lowest BCUT2D eigenvalue weighted by atomic mass is 9.95. The van der Waals surface area contributed by atoms with E-state index >= 15 is 0 Å². The largest absolute Gasteiger partial charge is 0.366 e. The maximum absolute atomic E-state index is 12.1. The molecule has 0 fully saturated rings. The van der Waals surface area contributed by atoms with E-state index in [9.17, 15) is 14.4 Å². The lowest BCUT2D eigenvalue weighted by Gasteiger charge is -2.24. The summed E-state index contributed by atoms with van der Waals surface area (Å²) >= 11 is 0. The number of amides is 4. The minimum atomic E-state index is -0.554. The van der Waals surface area contributed by atoms with Crippen molar-refractivity contribution in [2.45, 2.75) is 25.9 Å². The zero-order valence-electron chi connectivity index (χ0n) is 15.1. The lowest BCUT2D eigenvalue weighted by molar-refractivity contribution is 0.0952. The fourth-order valence-electron chi connectivity index (χ4n) is 3.33. The number of nitrogens with two attached hydrogens (primary N) is 2. The molecule has 0 spiro atoms. The van der Waals surface area contributed by atoms with E-state index in [1.54, 1.807) is 30.3 Å². The molecule has 3 rings (SSSR count). The molecule has 0 bridgehead atoms. The highest BCUT2D eigenvalue weighted by Gasteiger charge is 2.34. The van der Waals surface area contributed by atoms with Crippen molar-refractivity contribution in [2.24, 2.45) is 11.5 Å². The molecule has 0 radical (unpaired) electrons. The van der Waals surface area contributed by atoms with Crippen LogP contribution in [0.1, 0.15) is 56.8 Å². The van der Waals surface area contributed by atoms with Crippen molar-refractivity contribution in [3.8, 4) is 0 Å². The monoisotopic (exact) mass is 366 g/mol. The van der Waals surface area contributed by atoms with Gasteiger partial charge in [0.05, 0.1) is 6.04 Å². The van der Waals surface area contributed by atoms with Crippen molar-refractivity contribution in [3.63, 3.8) is 0 Å². The van der Waals surface area contributed by atoms with Crippen LogP contribution in [-0.4, -0.2) is 29.3 Å². The molecule has 2 aromatic rings. The van der Waals surface area contributed by atoms with E-state index in [1.807, 2.05) is 19.1 Å². The summed E-state index contributed by atoms with van der Waals surface area (Å²) < 4.78 is 0. The maximum Gasteiger partial charge on any atom is 0.315 e. The molecule has 27 heavy (non-hydrogen) atoms. The second kappa shape index (κ2) is 7.49. The molecule has 2 aromatic carbocycles. The van der Waals surface area contributed by atoms with Crippen LogP contribution in [-0.2, 0) is 6.54 Å². The Labute approximate surface area is 157 Å². The first-order valence-corrected chi connectivity index (χ1v) is 8.79. The second-order valence-electron chi connectivity index (χ2n) is 6.52. The number of hydrogen-bond acceptors (Lipinski definition) is 3. The fraction of sp³-hybridized carbons (Fsp3) is 0.250. The summed E-state index contributed by atoms with van der Waals surface area (Å²) in [5.41, 5.74) is 14.4. The van der Waals surface area contributed by atoms with E-state index < -0.39 is 11.9 Å². The van der Waals surface area contributed by atoms with Gasteiger partial charge in [0.1, 0.15) is 0 Å². The Morgan fingerprint density at radius 1 is 1.07 bits per heavy atom. The highest BCUT2D eigenvalue weighted by Crippen LogP contribution is 2.38. The summed E-state index contributed by atoms with van der Waals surface area (Å²) in [4.78, 5) is 37.0. The average molecular weight is 366 g/mol. The van der Waals surface area contributed by atoms with Gasteiger partial charge in [-0.05, 0) is 47.4 Å². The number of rotatable bonds is 5. The number of carbonyl (C=O) groups is 3. The standard InChI is InChI=1S/C20H22N4O3/c1-2-9-23-19(26)13-5-3-12(4-6-13)17-16-8-7-14(18(21)25)10-15(16)11-24(17)20(22)27/h3-8,10,17H,2,9,11H2,1H3,(H2,21,25)(H2,22,27)(H,23,26). The molecule has 1 aliphatic heterocycles. The van der Waals surface area contributed by atoms with Gasteiger partial charge in [0.25, 0.3) is 5.91 Å². The molecule has 1 unspecified atom stereocenters. The third-order valence-electron chi connectivity index (χ3n) is 4.68. The topological polar surface area (TPSA) is 119 Å². The maximum atomic E-state index is 12.1. The lowest BCUT2D eigenvalue weighted by Crippen LogP contribution is -2.34. The number of urea groups is 1. The van der Waals surface area contributed by atoms with Gasteiger partial charge >= 0.3 is 6.03 Å². The van der Waals surface area contributed by atoms with Gasteiger partial charge in [-0.25, -0.2) is 4.79 Å². The third-order valence-corrected chi connectivity index (χ3v) is 4.68. The van der Waals surface area contributed by atoms with Crippen molar-refractivity contribution in [1.82, 2.24) is 10.2 Å². The first-order valence-electron chi connectivity index (χ1n) is 8.79. The van der Waals surface area contributed by atoms with Gasteiger partial charge in [0.15, 0.2) is 0 Å². The molecule has 0 saturated carbocycles. The number of benzene rings is 2. The molecule has 140 valence electrons. The Hall–Kier alpha value is -3.35. The van der Waals surface area contributed by atoms with Crippen molar-refractivity contribution in [3.05, 3.63) is 70.3 Å². The number of primary amides is 2. The van der Waals surface area contributed by atoms with Gasteiger partial charge in [0.2, 0.25) is 5.91 Å². The third kappa shape index (κ3) is 3.62. The Bertz CT molecular complexity index is 893. The van der Waals surface area contributed by atoms with Crippen LogP contribution in [0.5, 0.6) is 0 Å². The van der Waals surface area contributed by atoms with Crippen LogP contribution in [0.25, 0.3) is 0 Å². The van der Waals surface area contributed by atoms with Crippen LogP contribution >= 0.6 is 0 Å². The summed E-state index contributed by atoms with van der Waals surface area (Å²) in [7, 11) is 0.